The van der Waals surface area contributed by atoms with Crippen molar-refractivity contribution < 1.29 is 28.8 Å². The summed E-state index contributed by atoms with van der Waals surface area (Å²) in [6.45, 7) is -2.00. The van der Waals surface area contributed by atoms with Crippen LogP contribution in [-0.4, -0.2) is 61.6 Å². The van der Waals surface area contributed by atoms with Gasteiger partial charge in [-0.1, -0.05) is 109 Å². The van der Waals surface area contributed by atoms with Gasteiger partial charge in [0.25, 0.3) is 0 Å². The summed E-state index contributed by atoms with van der Waals surface area (Å²) in [6, 6.07) is 32.5. The molecule has 0 aromatic heterocycles. The van der Waals surface area contributed by atoms with Gasteiger partial charge in [-0.2, -0.15) is 0 Å². The van der Waals surface area contributed by atoms with Crippen LogP contribution in [0.3, 0.4) is 0 Å². The second-order valence-electron chi connectivity index (χ2n) is 14.0. The Hall–Kier alpha value is -7.34. The molecule has 0 spiro atoms. The van der Waals surface area contributed by atoms with Crippen molar-refractivity contribution in [3.8, 4) is 0 Å². The average molecular weight is 743 g/mol. The van der Waals surface area contributed by atoms with E-state index in [0.717, 1.165) is 64.6 Å². The van der Waals surface area contributed by atoms with Crippen molar-refractivity contribution in [3.63, 3.8) is 0 Å². The molecule has 0 unspecified atom stereocenters. The molecule has 6 N–H and O–H groups in total. The third-order valence-electron chi connectivity index (χ3n) is 10.6. The summed E-state index contributed by atoms with van der Waals surface area (Å²) >= 11 is 0. The summed E-state index contributed by atoms with van der Waals surface area (Å²) in [5.41, 5.74) is 0.986. The number of hydrogen-bond acceptors (Lipinski definition) is 6. The molecule has 6 amide bonds. The molecule has 1 heterocycles. The van der Waals surface area contributed by atoms with Crippen LogP contribution in [0.2, 0.25) is 0 Å². The highest BCUT2D eigenvalue weighted by molar-refractivity contribution is 6.25. The first-order chi connectivity index (χ1) is 27.2. The highest BCUT2D eigenvalue weighted by atomic mass is 16.2. The van der Waals surface area contributed by atoms with Gasteiger partial charge in [0.2, 0.25) is 35.4 Å². The standard InChI is InChI=1S/C44H34N6O6/c51-33-19-47-43(55)41(31-17-13-27-9-7-23-3-1-5-25-11-15-29(31)39(27)37(23)25)49-35(53)21-45-34(52)20-48-44(56)42(50-36(54)22-46-33)32-18-14-28-10-8-24-4-2-6-26-12-16-30(32)40(28)38(24)26/h1-18,41-42H,19-22H2,(H,45,52)(H,46,51)(H,47,55)(H,48,56)(H,49,53)(H,50,54)/t41-,42-/m1/s1. The summed E-state index contributed by atoms with van der Waals surface area (Å²) in [5.74, 6) is -3.99. The van der Waals surface area contributed by atoms with Crippen molar-refractivity contribution in [1.29, 1.82) is 0 Å². The van der Waals surface area contributed by atoms with Crippen LogP contribution >= 0.6 is 0 Å². The van der Waals surface area contributed by atoms with Gasteiger partial charge >= 0.3 is 0 Å². The average Bonchev–Trinajstić information content (AvgIpc) is 3.22. The molecule has 1 aliphatic rings. The zero-order valence-electron chi connectivity index (χ0n) is 29.8. The number of nitrogens with one attached hydrogen (secondary N) is 6. The van der Waals surface area contributed by atoms with E-state index in [1.807, 2.05) is 97.1 Å². The van der Waals surface area contributed by atoms with Crippen molar-refractivity contribution in [1.82, 2.24) is 31.9 Å². The number of carbonyl (C=O) groups is 6. The first kappa shape index (κ1) is 34.4. The molecule has 9 rings (SSSR count). The number of amides is 6. The Morgan fingerprint density at radius 2 is 0.661 bits per heavy atom. The van der Waals surface area contributed by atoms with Gasteiger partial charge in [-0.3, -0.25) is 28.8 Å². The normalized spacial score (nSPS) is 18.4. The van der Waals surface area contributed by atoms with Crippen LogP contribution in [0.15, 0.2) is 109 Å². The van der Waals surface area contributed by atoms with Gasteiger partial charge in [-0.25, -0.2) is 0 Å². The molecule has 12 nitrogen and oxygen atoms in total. The first-order valence-electron chi connectivity index (χ1n) is 18.2. The quantitative estimate of drug-likeness (QED) is 0.146. The van der Waals surface area contributed by atoms with E-state index in [1.54, 1.807) is 12.1 Å². The minimum Gasteiger partial charge on any atom is -0.346 e. The lowest BCUT2D eigenvalue weighted by atomic mass is 9.89. The van der Waals surface area contributed by atoms with Gasteiger partial charge in [0.15, 0.2) is 0 Å². The Bertz CT molecular complexity index is 2700. The molecule has 0 radical (unpaired) electrons. The van der Waals surface area contributed by atoms with E-state index in [0.29, 0.717) is 11.1 Å². The molecular weight excluding hydrogens is 709 g/mol. The van der Waals surface area contributed by atoms with E-state index < -0.39 is 73.7 Å². The molecule has 8 aromatic rings. The lowest BCUT2D eigenvalue weighted by molar-refractivity contribution is -0.132. The zero-order chi connectivity index (χ0) is 38.5. The van der Waals surface area contributed by atoms with Crippen molar-refractivity contribution in [3.05, 3.63) is 120 Å². The molecule has 1 fully saturated rings. The van der Waals surface area contributed by atoms with E-state index in [2.05, 4.69) is 31.9 Å². The monoisotopic (exact) mass is 742 g/mol. The van der Waals surface area contributed by atoms with E-state index in [-0.39, 0.29) is 0 Å². The van der Waals surface area contributed by atoms with Crippen molar-refractivity contribution in [2.24, 2.45) is 0 Å². The van der Waals surface area contributed by atoms with E-state index in [9.17, 15) is 28.8 Å². The molecular formula is C44H34N6O6. The largest absolute Gasteiger partial charge is 0.346 e. The topological polar surface area (TPSA) is 175 Å². The third-order valence-corrected chi connectivity index (χ3v) is 10.6. The summed E-state index contributed by atoms with van der Waals surface area (Å²) in [4.78, 5) is 80.4. The van der Waals surface area contributed by atoms with Gasteiger partial charge in [0.05, 0.1) is 26.2 Å². The second-order valence-corrected chi connectivity index (χ2v) is 14.0. The molecule has 12 heteroatoms. The fraction of sp³-hybridized carbons (Fsp3) is 0.136. The summed E-state index contributed by atoms with van der Waals surface area (Å²) < 4.78 is 0. The Morgan fingerprint density at radius 3 is 1.05 bits per heavy atom. The molecule has 1 saturated heterocycles. The van der Waals surface area contributed by atoms with Crippen molar-refractivity contribution in [2.45, 2.75) is 12.1 Å². The van der Waals surface area contributed by atoms with Gasteiger partial charge in [-0.15, -0.1) is 0 Å². The summed E-state index contributed by atoms with van der Waals surface area (Å²) in [7, 11) is 0. The van der Waals surface area contributed by atoms with Crippen LogP contribution < -0.4 is 31.9 Å². The molecule has 0 aliphatic carbocycles. The molecule has 56 heavy (non-hydrogen) atoms. The Labute approximate surface area is 318 Å². The maximum atomic E-state index is 13.8. The highest BCUT2D eigenvalue weighted by Gasteiger charge is 2.29. The van der Waals surface area contributed by atoms with Gasteiger partial charge in [0.1, 0.15) is 12.1 Å². The lowest BCUT2D eigenvalue weighted by Crippen LogP contribution is -2.50. The summed E-state index contributed by atoms with van der Waals surface area (Å²) in [6.07, 6.45) is 0. The minimum absolute atomic E-state index is 0.493. The maximum absolute atomic E-state index is 13.8. The second kappa shape index (κ2) is 13.8. The van der Waals surface area contributed by atoms with Crippen LogP contribution in [0.4, 0.5) is 0 Å². The summed E-state index contributed by atoms with van der Waals surface area (Å²) in [5, 5.41) is 27.0. The van der Waals surface area contributed by atoms with Crippen LogP contribution in [0, 0.1) is 0 Å². The number of hydrogen-bond donors (Lipinski definition) is 6. The number of carbonyl (C=O) groups excluding carboxylic acids is 6. The van der Waals surface area contributed by atoms with Gasteiger partial charge < -0.3 is 31.9 Å². The smallest absolute Gasteiger partial charge is 0.247 e. The van der Waals surface area contributed by atoms with Gasteiger partial charge in [-0.05, 0) is 75.8 Å². The fourth-order valence-corrected chi connectivity index (χ4v) is 8.03. The molecule has 276 valence electrons. The number of benzene rings is 8. The van der Waals surface area contributed by atoms with Crippen molar-refractivity contribution in [2.75, 3.05) is 26.2 Å². The SMILES string of the molecule is O=C1CNC(=O)[C@@H](c2ccc3ccc4cccc5ccc2c3c45)NC(=O)CNC(=O)CNC(=O)[C@@H](c2ccc3ccc4cccc5ccc2c3c45)NC(=O)CN1. The van der Waals surface area contributed by atoms with Crippen molar-refractivity contribution >= 4 is 100 Å². The van der Waals surface area contributed by atoms with Crippen LogP contribution in [0.5, 0.6) is 0 Å². The zero-order valence-corrected chi connectivity index (χ0v) is 29.8. The van der Waals surface area contributed by atoms with Gasteiger partial charge in [0, 0.05) is 0 Å². The molecule has 1 aliphatic heterocycles. The highest BCUT2D eigenvalue weighted by Crippen LogP contribution is 2.39. The van der Waals surface area contributed by atoms with E-state index in [4.69, 9.17) is 0 Å². The van der Waals surface area contributed by atoms with E-state index >= 15 is 0 Å². The lowest BCUT2D eigenvalue weighted by Gasteiger charge is -2.23. The van der Waals surface area contributed by atoms with Crippen LogP contribution in [0.25, 0.3) is 64.6 Å². The Kier molecular flexibility index (Phi) is 8.49. The fourth-order valence-electron chi connectivity index (χ4n) is 8.03. The van der Waals surface area contributed by atoms with Crippen LogP contribution in [-0.2, 0) is 28.8 Å². The minimum atomic E-state index is -1.25. The Morgan fingerprint density at radius 1 is 0.339 bits per heavy atom. The number of rotatable bonds is 2. The molecule has 2 atom stereocenters. The maximum Gasteiger partial charge on any atom is 0.247 e. The predicted octanol–water partition coefficient (Wildman–Crippen LogP) is 3.97. The Balaban J connectivity index is 1.00. The third kappa shape index (κ3) is 6.06. The molecule has 0 saturated carbocycles. The van der Waals surface area contributed by atoms with E-state index in [1.165, 1.54) is 0 Å². The first-order valence-corrected chi connectivity index (χ1v) is 18.2. The predicted molar refractivity (Wildman–Crippen MR) is 214 cm³/mol. The molecule has 8 aromatic carbocycles. The van der Waals surface area contributed by atoms with Crippen LogP contribution in [0.1, 0.15) is 23.2 Å². The molecule has 0 bridgehead atoms.